The topological polar surface area (TPSA) is 73.9 Å². The molecule has 1 atom stereocenters. The van der Waals surface area contributed by atoms with Crippen molar-refractivity contribution in [3.05, 3.63) is 58.7 Å². The number of carbonyl (C=O) groups excluding carboxylic acids is 1. The third kappa shape index (κ3) is 3.61. The highest BCUT2D eigenvalue weighted by molar-refractivity contribution is 6.16. The molecule has 0 saturated carbocycles. The van der Waals surface area contributed by atoms with Gasteiger partial charge in [0, 0.05) is 23.1 Å². The van der Waals surface area contributed by atoms with Crippen molar-refractivity contribution < 1.29 is 14.3 Å². The molecule has 0 radical (unpaired) electrons. The van der Waals surface area contributed by atoms with Gasteiger partial charge in [0.05, 0.1) is 24.3 Å². The summed E-state index contributed by atoms with van der Waals surface area (Å²) < 4.78 is 12.2. The number of fused-ring (bicyclic) bond motifs is 3. The zero-order valence-electron chi connectivity index (χ0n) is 17.5. The fourth-order valence-corrected chi connectivity index (χ4v) is 4.53. The van der Waals surface area contributed by atoms with Crippen LogP contribution in [0.4, 0.5) is 0 Å². The van der Waals surface area contributed by atoms with E-state index in [4.69, 9.17) is 20.2 Å². The number of carbonyl (C=O) groups is 1. The smallest absolute Gasteiger partial charge is 0.219 e. The van der Waals surface area contributed by atoms with Crippen LogP contribution in [0.5, 0.6) is 11.5 Å². The Kier molecular flexibility index (Phi) is 4.64. The molecule has 5 heteroatoms. The maximum Gasteiger partial charge on any atom is 0.219 e. The van der Waals surface area contributed by atoms with E-state index in [0.717, 1.165) is 45.9 Å². The molecule has 2 aliphatic rings. The van der Waals surface area contributed by atoms with Gasteiger partial charge < -0.3 is 15.2 Å². The van der Waals surface area contributed by atoms with Crippen LogP contribution in [0.25, 0.3) is 0 Å². The molecule has 0 aliphatic carbocycles. The van der Waals surface area contributed by atoms with Crippen LogP contribution >= 0.6 is 0 Å². The monoisotopic (exact) mass is 392 g/mol. The predicted octanol–water partition coefficient (Wildman–Crippen LogP) is 3.83. The van der Waals surface area contributed by atoms with E-state index < -0.39 is 5.54 Å². The molecular formula is C24H28N2O3. The molecule has 2 aromatic rings. The summed E-state index contributed by atoms with van der Waals surface area (Å²) in [7, 11) is 0. The first-order valence-corrected chi connectivity index (χ1v) is 10.2. The Hall–Kier alpha value is -2.82. The van der Waals surface area contributed by atoms with Gasteiger partial charge >= 0.3 is 0 Å². The zero-order valence-corrected chi connectivity index (χ0v) is 17.5. The lowest BCUT2D eigenvalue weighted by atomic mass is 9.79. The number of primary amides is 1. The Morgan fingerprint density at radius 2 is 1.93 bits per heavy atom. The average molecular weight is 392 g/mol. The fraction of sp³-hybridized carbons (Fsp3) is 0.417. The first-order valence-electron chi connectivity index (χ1n) is 10.2. The van der Waals surface area contributed by atoms with Crippen LogP contribution < -0.4 is 15.2 Å². The quantitative estimate of drug-likeness (QED) is 0.840. The summed E-state index contributed by atoms with van der Waals surface area (Å²) in [5.41, 5.74) is 9.98. The van der Waals surface area contributed by atoms with Crippen LogP contribution in [-0.2, 0) is 17.6 Å². The minimum atomic E-state index is -0.587. The summed E-state index contributed by atoms with van der Waals surface area (Å²) in [6.07, 6.45) is 1.62. The average Bonchev–Trinajstić information content (AvgIpc) is 2.96. The molecule has 2 heterocycles. The maximum atomic E-state index is 11.8. The molecule has 2 N–H and O–H groups in total. The molecule has 29 heavy (non-hydrogen) atoms. The first-order chi connectivity index (χ1) is 13.7. The molecule has 1 unspecified atom stereocenters. The molecule has 0 aromatic heterocycles. The zero-order chi connectivity index (χ0) is 20.8. The van der Waals surface area contributed by atoms with Crippen molar-refractivity contribution in [2.45, 2.75) is 58.1 Å². The Bertz CT molecular complexity index is 995. The lowest BCUT2D eigenvalue weighted by molar-refractivity contribution is -0.119. The normalized spacial score (nSPS) is 21.6. The summed E-state index contributed by atoms with van der Waals surface area (Å²) in [4.78, 5) is 16.9. The molecule has 0 spiro atoms. The van der Waals surface area contributed by atoms with Gasteiger partial charge in [0.25, 0.3) is 0 Å². The molecule has 0 fully saturated rings. The van der Waals surface area contributed by atoms with E-state index in [1.165, 1.54) is 0 Å². The van der Waals surface area contributed by atoms with Gasteiger partial charge in [0.2, 0.25) is 5.91 Å². The number of benzene rings is 2. The molecule has 4 rings (SSSR count). The summed E-state index contributed by atoms with van der Waals surface area (Å²) in [5, 5.41) is 0. The van der Waals surface area contributed by atoms with Crippen LogP contribution in [0.1, 0.15) is 56.4 Å². The van der Waals surface area contributed by atoms with Crippen molar-refractivity contribution in [1.29, 1.82) is 0 Å². The van der Waals surface area contributed by atoms with E-state index in [2.05, 4.69) is 32.0 Å². The molecule has 1 amide bonds. The Morgan fingerprint density at radius 1 is 1.21 bits per heavy atom. The molecular weight excluding hydrogens is 364 g/mol. The number of nitrogens with two attached hydrogens (primary N) is 1. The van der Waals surface area contributed by atoms with Crippen LogP contribution in [-0.4, -0.2) is 29.4 Å². The highest BCUT2D eigenvalue weighted by Gasteiger charge is 2.41. The Morgan fingerprint density at radius 3 is 2.59 bits per heavy atom. The van der Waals surface area contributed by atoms with Gasteiger partial charge in [-0.05, 0) is 45.7 Å². The molecule has 5 nitrogen and oxygen atoms in total. The van der Waals surface area contributed by atoms with Gasteiger partial charge in [-0.25, -0.2) is 0 Å². The van der Waals surface area contributed by atoms with E-state index in [0.29, 0.717) is 13.0 Å². The number of hydrogen-bond acceptors (Lipinski definition) is 4. The van der Waals surface area contributed by atoms with E-state index in [1.54, 1.807) is 0 Å². The fourth-order valence-electron chi connectivity index (χ4n) is 4.53. The second-order valence-electron chi connectivity index (χ2n) is 8.83. The number of aliphatic imine (C=N–C) groups is 1. The lowest BCUT2D eigenvalue weighted by Crippen LogP contribution is -2.37. The summed E-state index contributed by atoms with van der Waals surface area (Å²) in [6.45, 7) is 8.72. The van der Waals surface area contributed by atoms with Gasteiger partial charge in [-0.2, -0.15) is 0 Å². The van der Waals surface area contributed by atoms with Crippen molar-refractivity contribution in [1.82, 2.24) is 0 Å². The van der Waals surface area contributed by atoms with Gasteiger partial charge in [-0.15, -0.1) is 0 Å². The molecule has 0 bridgehead atoms. The highest BCUT2D eigenvalue weighted by Crippen LogP contribution is 2.48. The van der Waals surface area contributed by atoms with Gasteiger partial charge in [-0.1, -0.05) is 30.3 Å². The number of ether oxygens (including phenoxy) is 2. The first kappa shape index (κ1) is 19.5. The minimum absolute atomic E-state index is 0.200. The third-order valence-electron chi connectivity index (χ3n) is 5.50. The number of nitrogens with zero attached hydrogens (tertiary/aromatic N) is 1. The van der Waals surface area contributed by atoms with Gasteiger partial charge in [0.15, 0.2) is 11.5 Å². The standard InChI is InChI=1S/C24H28N2O3/c1-5-28-18-11-16-12-24(4,14-19(25)27)26-21(15-9-7-6-8-10-15)20(16)17-13-23(2,3)29-22(17)18/h6-11H,5,12-14H2,1-4H3,(H2,25,27). The molecule has 0 saturated heterocycles. The van der Waals surface area contributed by atoms with Crippen LogP contribution in [0.2, 0.25) is 0 Å². The minimum Gasteiger partial charge on any atom is -0.490 e. The summed E-state index contributed by atoms with van der Waals surface area (Å²) in [5.74, 6) is 1.24. The number of rotatable bonds is 5. The SMILES string of the molecule is CCOc1cc2c(c3c1OC(C)(C)C3)C(c1ccccc1)=NC(C)(CC(N)=O)C2. The number of amides is 1. The second-order valence-corrected chi connectivity index (χ2v) is 8.83. The summed E-state index contributed by atoms with van der Waals surface area (Å²) in [6, 6.07) is 12.2. The van der Waals surface area contributed by atoms with E-state index >= 15 is 0 Å². The molecule has 2 aliphatic heterocycles. The lowest BCUT2D eigenvalue weighted by Gasteiger charge is -2.33. The Labute approximate surface area is 171 Å². The maximum absolute atomic E-state index is 11.8. The van der Waals surface area contributed by atoms with Gasteiger partial charge in [0.1, 0.15) is 5.60 Å². The van der Waals surface area contributed by atoms with E-state index in [1.807, 2.05) is 32.0 Å². The van der Waals surface area contributed by atoms with Crippen molar-refractivity contribution >= 4 is 11.6 Å². The molecule has 2 aromatic carbocycles. The molecule has 152 valence electrons. The van der Waals surface area contributed by atoms with Crippen LogP contribution in [0.3, 0.4) is 0 Å². The third-order valence-corrected chi connectivity index (χ3v) is 5.50. The number of hydrogen-bond donors (Lipinski definition) is 1. The Balaban J connectivity index is 1.97. The second kappa shape index (κ2) is 6.90. The van der Waals surface area contributed by atoms with Crippen molar-refractivity contribution in [2.75, 3.05) is 6.61 Å². The van der Waals surface area contributed by atoms with Crippen molar-refractivity contribution in [3.8, 4) is 11.5 Å². The predicted molar refractivity (Wildman–Crippen MR) is 114 cm³/mol. The van der Waals surface area contributed by atoms with Crippen molar-refractivity contribution in [2.24, 2.45) is 10.7 Å². The van der Waals surface area contributed by atoms with Crippen molar-refractivity contribution in [3.63, 3.8) is 0 Å². The van der Waals surface area contributed by atoms with E-state index in [9.17, 15) is 4.79 Å². The highest BCUT2D eigenvalue weighted by atomic mass is 16.5. The van der Waals surface area contributed by atoms with Crippen LogP contribution in [0.15, 0.2) is 41.4 Å². The largest absolute Gasteiger partial charge is 0.490 e. The van der Waals surface area contributed by atoms with E-state index in [-0.39, 0.29) is 17.9 Å². The van der Waals surface area contributed by atoms with Crippen LogP contribution in [0, 0.1) is 0 Å². The summed E-state index contributed by atoms with van der Waals surface area (Å²) >= 11 is 0. The van der Waals surface area contributed by atoms with Gasteiger partial charge in [-0.3, -0.25) is 9.79 Å².